The van der Waals surface area contributed by atoms with E-state index in [4.69, 9.17) is 10.6 Å². The third-order valence-electron chi connectivity index (χ3n) is 1.27. The largest absolute Gasteiger partial charge is 0.478 e. The molecule has 0 unspecified atom stereocenters. The molecule has 0 aliphatic rings. The van der Waals surface area contributed by atoms with Crippen LogP contribution in [0.5, 0.6) is 0 Å². The number of carboxylic acids is 1. The summed E-state index contributed by atoms with van der Waals surface area (Å²) >= 11 is -0.901. The molecule has 0 aromatic heterocycles. The van der Waals surface area contributed by atoms with Crippen molar-refractivity contribution < 1.29 is 31.4 Å². The van der Waals surface area contributed by atoms with E-state index in [1.807, 2.05) is 0 Å². The summed E-state index contributed by atoms with van der Waals surface area (Å²) in [7, 11) is 0. The molecule has 1 N–H and O–H groups in total. The molecule has 0 spiro atoms. The van der Waals surface area contributed by atoms with Gasteiger partial charge in [-0.25, -0.2) is 4.79 Å². The van der Waals surface area contributed by atoms with Gasteiger partial charge in [-0.1, -0.05) is 12.1 Å². The van der Waals surface area contributed by atoms with Crippen LogP contribution < -0.4 is 21.5 Å². The second-order valence-electron chi connectivity index (χ2n) is 2.03. The van der Waals surface area contributed by atoms with Crippen LogP contribution in [0.15, 0.2) is 27.6 Å². The molecule has 0 atom stereocenters. The van der Waals surface area contributed by atoms with Gasteiger partial charge in [-0.3, -0.25) is 0 Å². The van der Waals surface area contributed by atoms with E-state index in [0.717, 1.165) is 0 Å². The third-order valence-corrected chi connectivity index (χ3v) is 3.14. The molecule has 1 aromatic rings. The van der Waals surface area contributed by atoms with Crippen molar-refractivity contribution in [1.82, 2.24) is 0 Å². The molecule has 0 bridgehead atoms. The first kappa shape index (κ1) is 9.82. The number of nitrogens with zero attached hydrogens (tertiary/aromatic N) is 3. The maximum absolute atomic E-state index is 10.7. The van der Waals surface area contributed by atoms with Crippen molar-refractivity contribution in [3.8, 4) is 0 Å². The lowest BCUT2D eigenvalue weighted by Crippen LogP contribution is -3.58. The monoisotopic (exact) mass is 290 g/mol. The summed E-state index contributed by atoms with van der Waals surface area (Å²) in [6.45, 7) is 0. The standard InChI is InChI=1S/C7H4IN3O2/c9-11-10-8-6-4-2-1-3-5(6)7(12)13/h1-4H/p+1. The van der Waals surface area contributed by atoms with Gasteiger partial charge in [0.25, 0.3) is 0 Å². The summed E-state index contributed by atoms with van der Waals surface area (Å²) in [4.78, 5) is 13.3. The summed E-state index contributed by atoms with van der Waals surface area (Å²) < 4.78 is 4.04. The Labute approximate surface area is 84.6 Å². The van der Waals surface area contributed by atoms with E-state index in [9.17, 15) is 4.79 Å². The number of carboxylic acid groups (broad SMARTS) is 1. The minimum absolute atomic E-state index is 0.225. The highest BCUT2D eigenvalue weighted by Gasteiger charge is 2.20. The predicted octanol–water partition coefficient (Wildman–Crippen LogP) is -1.13. The van der Waals surface area contributed by atoms with E-state index in [0.29, 0.717) is 3.57 Å². The zero-order valence-corrected chi connectivity index (χ0v) is 8.54. The average molecular weight is 290 g/mol. The second-order valence-corrected chi connectivity index (χ2v) is 4.11. The van der Waals surface area contributed by atoms with Gasteiger partial charge in [-0.05, 0) is 12.1 Å². The van der Waals surface area contributed by atoms with Crippen molar-refractivity contribution in [2.24, 2.45) is 3.33 Å². The maximum Gasteiger partial charge on any atom is 0.453 e. The number of aromatic carboxylic acids is 1. The number of carbonyl (C=O) groups is 1. The molecule has 0 amide bonds. The lowest BCUT2D eigenvalue weighted by molar-refractivity contribution is -0.636. The van der Waals surface area contributed by atoms with Crippen LogP contribution in [0.2, 0.25) is 0 Å². The molecular weight excluding hydrogens is 285 g/mol. The third kappa shape index (κ3) is 2.60. The van der Waals surface area contributed by atoms with Gasteiger partial charge >= 0.3 is 27.4 Å². The number of rotatable bonds is 3. The molecule has 0 aliphatic heterocycles. The Balaban J connectivity index is 3.04. The Morgan fingerprint density at radius 3 is 2.85 bits per heavy atom. The quantitative estimate of drug-likeness (QED) is 0.330. The second kappa shape index (κ2) is 4.68. The summed E-state index contributed by atoms with van der Waals surface area (Å²) in [5, 5.41) is 8.75. The van der Waals surface area contributed by atoms with Crippen molar-refractivity contribution in [3.05, 3.63) is 43.8 Å². The predicted molar refractivity (Wildman–Crippen MR) is 41.2 cm³/mol. The summed E-state index contributed by atoms with van der Waals surface area (Å²) in [6, 6.07) is 6.55. The first-order valence-electron chi connectivity index (χ1n) is 3.26. The minimum atomic E-state index is -0.983. The number of hydrogen-bond acceptors (Lipinski definition) is 2. The molecule has 0 radical (unpaired) electrons. The van der Waals surface area contributed by atoms with Gasteiger partial charge in [0.05, 0.1) is 0 Å². The minimum Gasteiger partial charge on any atom is -0.478 e. The molecule has 0 saturated heterocycles. The zero-order valence-electron chi connectivity index (χ0n) is 6.38. The van der Waals surface area contributed by atoms with E-state index in [1.165, 1.54) is 6.07 Å². The lowest BCUT2D eigenvalue weighted by Gasteiger charge is -1.90. The molecule has 5 nitrogen and oxygen atoms in total. The highest BCUT2D eigenvalue weighted by molar-refractivity contribution is 5.87. The highest BCUT2D eigenvalue weighted by Crippen LogP contribution is 1.97. The number of azide groups is 1. The van der Waals surface area contributed by atoms with Crippen molar-refractivity contribution in [3.63, 3.8) is 0 Å². The van der Waals surface area contributed by atoms with Gasteiger partial charge < -0.3 is 5.11 Å². The molecule has 0 saturated carbocycles. The normalized spacial score (nSPS) is 8.92. The zero-order chi connectivity index (χ0) is 9.68. The van der Waals surface area contributed by atoms with Crippen LogP contribution >= 0.6 is 0 Å². The molecular formula is C7H5IN3O2+. The molecule has 1 aromatic carbocycles. The fourth-order valence-corrected chi connectivity index (χ4v) is 2.13. The first-order valence-corrected chi connectivity index (χ1v) is 5.31. The van der Waals surface area contributed by atoms with Crippen LogP contribution in [0.4, 0.5) is 0 Å². The van der Waals surface area contributed by atoms with Crippen molar-refractivity contribution in [1.29, 1.82) is 0 Å². The Kier molecular flexibility index (Phi) is 3.53. The van der Waals surface area contributed by atoms with E-state index >= 15 is 0 Å². The number of halogens is 1. The molecule has 0 heterocycles. The lowest BCUT2D eigenvalue weighted by atomic mass is 10.2. The Morgan fingerprint density at radius 2 is 2.23 bits per heavy atom. The topological polar surface area (TPSA) is 86.1 Å². The Hall–Kier alpha value is -1.27. The van der Waals surface area contributed by atoms with Crippen LogP contribution in [-0.2, 0) is 0 Å². The van der Waals surface area contributed by atoms with Gasteiger partial charge in [0.2, 0.25) is 3.57 Å². The summed E-state index contributed by atoms with van der Waals surface area (Å²) in [6.07, 6.45) is 0. The van der Waals surface area contributed by atoms with Gasteiger partial charge in [0, 0.05) is 10.4 Å². The Bertz CT molecular complexity index is 374. The fourth-order valence-electron chi connectivity index (χ4n) is 0.766. The van der Waals surface area contributed by atoms with Crippen LogP contribution in [-0.4, -0.2) is 11.1 Å². The van der Waals surface area contributed by atoms with E-state index < -0.39 is 27.4 Å². The summed E-state index contributed by atoms with van der Waals surface area (Å²) in [5.41, 5.74) is 8.32. The molecule has 13 heavy (non-hydrogen) atoms. The first-order chi connectivity index (χ1) is 6.25. The Morgan fingerprint density at radius 1 is 1.54 bits per heavy atom. The number of benzene rings is 1. The average Bonchev–Trinajstić information content (AvgIpc) is 2.15. The van der Waals surface area contributed by atoms with E-state index in [2.05, 4.69) is 8.24 Å². The van der Waals surface area contributed by atoms with Crippen LogP contribution in [0.3, 0.4) is 0 Å². The van der Waals surface area contributed by atoms with Crippen LogP contribution in [0.25, 0.3) is 10.4 Å². The van der Waals surface area contributed by atoms with Crippen molar-refractivity contribution in [2.45, 2.75) is 0 Å². The molecule has 66 valence electrons. The highest BCUT2D eigenvalue weighted by atomic mass is 127. The molecule has 6 heteroatoms. The molecule has 0 aliphatic carbocycles. The van der Waals surface area contributed by atoms with Crippen molar-refractivity contribution in [2.75, 3.05) is 0 Å². The van der Waals surface area contributed by atoms with E-state index in [1.54, 1.807) is 18.2 Å². The fraction of sp³-hybridized carbons (Fsp3) is 0. The van der Waals surface area contributed by atoms with Gasteiger partial charge in [0.1, 0.15) is 5.56 Å². The molecule has 0 fully saturated rings. The molecule has 1 rings (SSSR count). The van der Waals surface area contributed by atoms with Crippen molar-refractivity contribution >= 4 is 5.97 Å². The SMILES string of the molecule is [N-]=[N+]=N[I+]c1ccccc1C(=O)O. The van der Waals surface area contributed by atoms with Crippen LogP contribution in [0, 0.1) is 3.57 Å². The van der Waals surface area contributed by atoms with Gasteiger partial charge in [-0.15, -0.1) is 0 Å². The van der Waals surface area contributed by atoms with E-state index in [-0.39, 0.29) is 5.56 Å². The summed E-state index contributed by atoms with van der Waals surface area (Å²) in [5.74, 6) is -0.983. The smallest absolute Gasteiger partial charge is 0.453 e. The van der Waals surface area contributed by atoms with Gasteiger partial charge in [0.15, 0.2) is 3.33 Å². The maximum atomic E-state index is 10.7. The van der Waals surface area contributed by atoms with Gasteiger partial charge in [-0.2, -0.15) is 0 Å². The van der Waals surface area contributed by atoms with Crippen LogP contribution in [0.1, 0.15) is 10.4 Å². The number of hydrogen-bond donors (Lipinski definition) is 1.